The number of benzene rings is 1. The lowest BCUT2D eigenvalue weighted by molar-refractivity contribution is 0.502. The quantitative estimate of drug-likeness (QED) is 0.804. The Hall–Kier alpha value is -0.940. The van der Waals surface area contributed by atoms with Crippen molar-refractivity contribution < 1.29 is 8.81 Å². The number of halogens is 3. The summed E-state index contributed by atoms with van der Waals surface area (Å²) in [7, 11) is 0. The fourth-order valence-corrected chi connectivity index (χ4v) is 1.97. The molecule has 0 fully saturated rings. The Morgan fingerprint density at radius 3 is 2.82 bits per heavy atom. The first kappa shape index (κ1) is 12.5. The number of nitrogens with zero attached hydrogens (tertiary/aromatic N) is 2. The van der Waals surface area contributed by atoms with Crippen molar-refractivity contribution in [1.29, 1.82) is 0 Å². The number of aromatic nitrogens is 2. The highest BCUT2D eigenvalue weighted by Gasteiger charge is 2.10. The monoisotopic (exact) mass is 318 g/mol. The predicted molar refractivity (Wildman–Crippen MR) is 66.4 cm³/mol. The van der Waals surface area contributed by atoms with E-state index in [1.54, 1.807) is 6.07 Å². The van der Waals surface area contributed by atoms with Crippen molar-refractivity contribution in [2.75, 3.05) is 5.88 Å². The Kier molecular flexibility index (Phi) is 4.12. The lowest BCUT2D eigenvalue weighted by Crippen LogP contribution is -1.85. The van der Waals surface area contributed by atoms with Crippen LogP contribution in [0.4, 0.5) is 4.39 Å². The molecule has 6 heteroatoms. The van der Waals surface area contributed by atoms with Crippen molar-refractivity contribution in [2.45, 2.75) is 12.8 Å². The summed E-state index contributed by atoms with van der Waals surface area (Å²) in [5.41, 5.74) is 0.557. The van der Waals surface area contributed by atoms with E-state index in [2.05, 4.69) is 26.1 Å². The van der Waals surface area contributed by atoms with Gasteiger partial charge in [-0.15, -0.1) is 21.8 Å². The Bertz CT molecular complexity index is 498. The van der Waals surface area contributed by atoms with Crippen molar-refractivity contribution in [3.05, 3.63) is 34.4 Å². The molecule has 0 aliphatic rings. The largest absolute Gasteiger partial charge is 0.421 e. The maximum absolute atomic E-state index is 13.2. The van der Waals surface area contributed by atoms with Gasteiger partial charge in [0.25, 0.3) is 0 Å². The summed E-state index contributed by atoms with van der Waals surface area (Å²) in [4.78, 5) is 0. The number of aryl methyl sites for hydroxylation is 1. The molecule has 0 spiro atoms. The van der Waals surface area contributed by atoms with Crippen LogP contribution in [0.25, 0.3) is 11.5 Å². The topological polar surface area (TPSA) is 38.9 Å². The average Bonchev–Trinajstić information content (AvgIpc) is 2.73. The first-order chi connectivity index (χ1) is 8.19. The summed E-state index contributed by atoms with van der Waals surface area (Å²) in [6.07, 6.45) is 1.41. The Morgan fingerprint density at radius 2 is 2.12 bits per heavy atom. The highest BCUT2D eigenvalue weighted by Crippen LogP contribution is 2.23. The van der Waals surface area contributed by atoms with Gasteiger partial charge in [0.05, 0.1) is 0 Å². The minimum absolute atomic E-state index is 0.315. The van der Waals surface area contributed by atoms with Gasteiger partial charge in [0, 0.05) is 22.3 Å². The van der Waals surface area contributed by atoms with Crippen LogP contribution in [0.3, 0.4) is 0 Å². The van der Waals surface area contributed by atoms with Crippen LogP contribution in [0.5, 0.6) is 0 Å². The number of rotatable bonds is 4. The molecule has 1 aromatic heterocycles. The summed E-state index contributed by atoms with van der Waals surface area (Å²) in [5, 5.41) is 7.75. The molecular weight excluding hydrogens is 310 g/mol. The summed E-state index contributed by atoms with van der Waals surface area (Å²) in [6, 6.07) is 4.44. The first-order valence-corrected chi connectivity index (χ1v) is 6.36. The van der Waals surface area contributed by atoms with E-state index < -0.39 is 0 Å². The van der Waals surface area contributed by atoms with Gasteiger partial charge in [0.15, 0.2) is 0 Å². The highest BCUT2D eigenvalue weighted by atomic mass is 79.9. The molecule has 0 saturated heterocycles. The Morgan fingerprint density at radius 1 is 1.29 bits per heavy atom. The maximum atomic E-state index is 13.2. The van der Waals surface area contributed by atoms with Gasteiger partial charge in [0.2, 0.25) is 11.8 Å². The van der Waals surface area contributed by atoms with Crippen molar-refractivity contribution in [1.82, 2.24) is 10.2 Å². The number of hydrogen-bond donors (Lipinski definition) is 0. The van der Waals surface area contributed by atoms with Crippen LogP contribution < -0.4 is 0 Å². The van der Waals surface area contributed by atoms with Gasteiger partial charge in [0.1, 0.15) is 5.82 Å². The average molecular weight is 320 g/mol. The van der Waals surface area contributed by atoms with Crippen LogP contribution in [-0.4, -0.2) is 16.1 Å². The van der Waals surface area contributed by atoms with Gasteiger partial charge in [-0.3, -0.25) is 0 Å². The van der Waals surface area contributed by atoms with E-state index in [1.165, 1.54) is 12.1 Å². The third-order valence-corrected chi connectivity index (χ3v) is 2.83. The van der Waals surface area contributed by atoms with Gasteiger partial charge in [-0.25, -0.2) is 4.39 Å². The van der Waals surface area contributed by atoms with Crippen molar-refractivity contribution in [2.24, 2.45) is 0 Å². The highest BCUT2D eigenvalue weighted by molar-refractivity contribution is 9.10. The minimum Gasteiger partial charge on any atom is -0.421 e. The zero-order valence-electron chi connectivity index (χ0n) is 8.79. The van der Waals surface area contributed by atoms with E-state index in [-0.39, 0.29) is 5.82 Å². The molecule has 0 aliphatic heterocycles. The minimum atomic E-state index is -0.352. The smallest absolute Gasteiger partial charge is 0.247 e. The molecule has 0 atom stereocenters. The third kappa shape index (κ3) is 3.26. The molecule has 0 bridgehead atoms. The molecule has 17 heavy (non-hydrogen) atoms. The fourth-order valence-electron chi connectivity index (χ4n) is 1.37. The van der Waals surface area contributed by atoms with Gasteiger partial charge >= 0.3 is 0 Å². The molecule has 2 aromatic rings. The van der Waals surface area contributed by atoms with Crippen molar-refractivity contribution >= 4 is 27.5 Å². The van der Waals surface area contributed by atoms with Gasteiger partial charge < -0.3 is 4.42 Å². The van der Waals surface area contributed by atoms with E-state index in [9.17, 15) is 4.39 Å². The molecule has 1 heterocycles. The molecule has 0 saturated carbocycles. The fraction of sp³-hybridized carbons (Fsp3) is 0.273. The molecular formula is C11H9BrClFN2O. The van der Waals surface area contributed by atoms with Crippen molar-refractivity contribution in [3.63, 3.8) is 0 Å². The van der Waals surface area contributed by atoms with E-state index in [4.69, 9.17) is 16.0 Å². The van der Waals surface area contributed by atoms with E-state index in [0.717, 1.165) is 6.42 Å². The van der Waals surface area contributed by atoms with Gasteiger partial charge in [-0.1, -0.05) is 15.9 Å². The first-order valence-electron chi connectivity index (χ1n) is 5.04. The molecule has 0 unspecified atom stereocenters. The zero-order valence-corrected chi connectivity index (χ0v) is 11.1. The molecule has 0 aliphatic carbocycles. The molecule has 90 valence electrons. The van der Waals surface area contributed by atoms with Crippen LogP contribution in [0.15, 0.2) is 27.1 Å². The summed E-state index contributed by atoms with van der Waals surface area (Å²) < 4.78 is 19.2. The zero-order chi connectivity index (χ0) is 12.3. The third-order valence-electron chi connectivity index (χ3n) is 2.10. The van der Waals surface area contributed by atoms with Crippen LogP contribution in [0.2, 0.25) is 0 Å². The summed E-state index contributed by atoms with van der Waals surface area (Å²) in [5.74, 6) is 1.02. The number of hydrogen-bond acceptors (Lipinski definition) is 3. The van der Waals surface area contributed by atoms with Crippen LogP contribution in [-0.2, 0) is 6.42 Å². The van der Waals surface area contributed by atoms with Crippen molar-refractivity contribution in [3.8, 4) is 11.5 Å². The van der Waals surface area contributed by atoms with Crippen LogP contribution in [0, 0.1) is 5.82 Å². The molecule has 0 radical (unpaired) electrons. The molecule has 0 amide bonds. The summed E-state index contributed by atoms with van der Waals surface area (Å²) >= 11 is 8.78. The predicted octanol–water partition coefficient (Wildman–Crippen LogP) is 3.81. The SMILES string of the molecule is Fc1cc(Br)cc(-c2nnc(CCCCl)o2)c1. The number of alkyl halides is 1. The van der Waals surface area contributed by atoms with Crippen LogP contribution in [0.1, 0.15) is 12.3 Å². The van der Waals surface area contributed by atoms with Gasteiger partial charge in [-0.05, 0) is 24.6 Å². The second-order valence-corrected chi connectivity index (χ2v) is 4.75. The van der Waals surface area contributed by atoms with E-state index in [0.29, 0.717) is 34.1 Å². The molecule has 3 nitrogen and oxygen atoms in total. The van der Waals surface area contributed by atoms with E-state index in [1.807, 2.05) is 0 Å². The molecule has 0 N–H and O–H groups in total. The molecule has 1 aromatic carbocycles. The lowest BCUT2D eigenvalue weighted by atomic mass is 10.2. The van der Waals surface area contributed by atoms with Crippen LogP contribution >= 0.6 is 27.5 Å². The standard InChI is InChI=1S/C11H9BrClFN2O/c12-8-4-7(5-9(14)6-8)11-16-15-10(17-11)2-1-3-13/h4-6H,1-3H2. The molecule has 2 rings (SSSR count). The lowest BCUT2D eigenvalue weighted by Gasteiger charge is -1.97. The van der Waals surface area contributed by atoms with E-state index >= 15 is 0 Å². The Balaban J connectivity index is 2.24. The van der Waals surface area contributed by atoms with Gasteiger partial charge in [-0.2, -0.15) is 0 Å². The second kappa shape index (κ2) is 5.60. The Labute approximate surface area is 111 Å². The summed E-state index contributed by atoms with van der Waals surface area (Å²) in [6.45, 7) is 0. The maximum Gasteiger partial charge on any atom is 0.247 e. The second-order valence-electron chi connectivity index (χ2n) is 3.45. The normalized spacial score (nSPS) is 10.8.